The molecule has 0 bridgehead atoms. The van der Waals surface area contributed by atoms with Crippen LogP contribution < -0.4 is 0 Å². The highest BCUT2D eigenvalue weighted by Gasteiger charge is 2.04. The SMILES string of the molecule is C(=Cc1ccc2cc(-c3ccc(-c4ccc(-c5ccccc5)cc4)cc3)ccc2c1)c1ccc2ccccc2c1. The third-order valence-electron chi connectivity index (χ3n) is 7.65. The predicted molar refractivity (Wildman–Crippen MR) is 173 cm³/mol. The molecule has 0 heteroatoms. The third-order valence-corrected chi connectivity index (χ3v) is 7.65. The summed E-state index contributed by atoms with van der Waals surface area (Å²) in [5.41, 5.74) is 9.82. The molecule has 40 heavy (non-hydrogen) atoms. The Balaban J connectivity index is 1.09. The third kappa shape index (κ3) is 4.96. The van der Waals surface area contributed by atoms with Crippen LogP contribution in [0.2, 0.25) is 0 Å². The first-order valence-corrected chi connectivity index (χ1v) is 13.8. The second kappa shape index (κ2) is 10.5. The topological polar surface area (TPSA) is 0 Å². The lowest BCUT2D eigenvalue weighted by atomic mass is 9.96. The Labute approximate surface area is 235 Å². The Kier molecular flexibility index (Phi) is 6.28. The van der Waals surface area contributed by atoms with Crippen LogP contribution in [-0.2, 0) is 0 Å². The second-order valence-corrected chi connectivity index (χ2v) is 10.3. The fourth-order valence-electron chi connectivity index (χ4n) is 5.39. The molecular formula is C40H28. The van der Waals surface area contributed by atoms with Crippen molar-refractivity contribution in [3.8, 4) is 33.4 Å². The summed E-state index contributed by atoms with van der Waals surface area (Å²) >= 11 is 0. The maximum atomic E-state index is 2.29. The summed E-state index contributed by atoms with van der Waals surface area (Å²) in [4.78, 5) is 0. The van der Waals surface area contributed by atoms with Crippen molar-refractivity contribution in [3.63, 3.8) is 0 Å². The summed E-state index contributed by atoms with van der Waals surface area (Å²) in [6.45, 7) is 0. The van der Waals surface area contributed by atoms with E-state index in [1.807, 2.05) is 0 Å². The monoisotopic (exact) mass is 508 g/mol. The van der Waals surface area contributed by atoms with Crippen LogP contribution in [0.5, 0.6) is 0 Å². The van der Waals surface area contributed by atoms with Gasteiger partial charge in [0, 0.05) is 0 Å². The van der Waals surface area contributed by atoms with E-state index in [2.05, 4.69) is 170 Å². The van der Waals surface area contributed by atoms with Gasteiger partial charge in [-0.1, -0.05) is 152 Å². The normalized spacial score (nSPS) is 11.4. The summed E-state index contributed by atoms with van der Waals surface area (Å²) in [5.74, 6) is 0. The zero-order chi connectivity index (χ0) is 26.7. The summed E-state index contributed by atoms with van der Waals surface area (Å²) in [6, 6.07) is 56.7. The van der Waals surface area contributed by atoms with Gasteiger partial charge in [-0.3, -0.25) is 0 Å². The summed E-state index contributed by atoms with van der Waals surface area (Å²) < 4.78 is 0. The maximum absolute atomic E-state index is 2.29. The van der Waals surface area contributed by atoms with Crippen LogP contribution in [0, 0.1) is 0 Å². The minimum absolute atomic E-state index is 1.20. The molecule has 0 amide bonds. The molecule has 0 radical (unpaired) electrons. The van der Waals surface area contributed by atoms with Gasteiger partial charge < -0.3 is 0 Å². The molecule has 0 nitrogen and oxygen atoms in total. The Bertz CT molecular complexity index is 1960. The van der Waals surface area contributed by atoms with Gasteiger partial charge in [0.2, 0.25) is 0 Å². The molecule has 0 aliphatic rings. The van der Waals surface area contributed by atoms with E-state index < -0.39 is 0 Å². The smallest absolute Gasteiger partial charge is 0.0177 e. The van der Waals surface area contributed by atoms with E-state index in [0.717, 1.165) is 0 Å². The molecule has 0 atom stereocenters. The molecule has 0 fully saturated rings. The molecule has 0 heterocycles. The van der Waals surface area contributed by atoms with Crippen molar-refractivity contribution < 1.29 is 0 Å². The highest BCUT2D eigenvalue weighted by molar-refractivity contribution is 5.91. The van der Waals surface area contributed by atoms with E-state index in [1.54, 1.807) is 0 Å². The van der Waals surface area contributed by atoms with Crippen molar-refractivity contribution in [2.45, 2.75) is 0 Å². The van der Waals surface area contributed by atoms with Gasteiger partial charge in [-0.25, -0.2) is 0 Å². The highest BCUT2D eigenvalue weighted by Crippen LogP contribution is 2.30. The molecule has 0 spiro atoms. The van der Waals surface area contributed by atoms with Crippen LogP contribution in [0.15, 0.2) is 158 Å². The fraction of sp³-hybridized carbons (Fsp3) is 0. The molecule has 7 rings (SSSR count). The molecular weight excluding hydrogens is 480 g/mol. The molecule has 7 aromatic rings. The quantitative estimate of drug-likeness (QED) is 0.203. The molecule has 0 unspecified atom stereocenters. The van der Waals surface area contributed by atoms with Crippen molar-refractivity contribution in [2.75, 3.05) is 0 Å². The van der Waals surface area contributed by atoms with E-state index in [-0.39, 0.29) is 0 Å². The molecule has 7 aromatic carbocycles. The van der Waals surface area contributed by atoms with E-state index in [1.165, 1.54) is 66.1 Å². The van der Waals surface area contributed by atoms with Gasteiger partial charge in [0.15, 0.2) is 0 Å². The lowest BCUT2D eigenvalue weighted by Crippen LogP contribution is -1.83. The number of fused-ring (bicyclic) bond motifs is 2. The van der Waals surface area contributed by atoms with Crippen LogP contribution in [-0.4, -0.2) is 0 Å². The zero-order valence-corrected chi connectivity index (χ0v) is 22.2. The van der Waals surface area contributed by atoms with Gasteiger partial charge in [-0.15, -0.1) is 0 Å². The average Bonchev–Trinajstić information content (AvgIpc) is 3.04. The van der Waals surface area contributed by atoms with Gasteiger partial charge in [-0.05, 0) is 84.3 Å². The van der Waals surface area contributed by atoms with Crippen molar-refractivity contribution >= 4 is 33.7 Å². The van der Waals surface area contributed by atoms with Crippen molar-refractivity contribution in [3.05, 3.63) is 169 Å². The van der Waals surface area contributed by atoms with Crippen LogP contribution in [0.3, 0.4) is 0 Å². The first-order valence-electron chi connectivity index (χ1n) is 13.8. The summed E-state index contributed by atoms with van der Waals surface area (Å²) in [6.07, 6.45) is 4.39. The zero-order valence-electron chi connectivity index (χ0n) is 22.2. The Hall–Kier alpha value is -5.20. The predicted octanol–water partition coefficient (Wildman–Crippen LogP) is 11.2. The minimum atomic E-state index is 1.20. The molecule has 0 aliphatic carbocycles. The van der Waals surface area contributed by atoms with E-state index >= 15 is 0 Å². The standard InChI is InChI=1S/C40H28/c1-2-6-31(7-3-1)33-16-18-34(19-17-33)35-20-22-36(23-21-35)39-25-24-38-27-30(13-15-40(38)28-39)11-10-29-12-14-32-8-4-5-9-37(32)26-29/h1-28H. The second-order valence-electron chi connectivity index (χ2n) is 10.3. The summed E-state index contributed by atoms with van der Waals surface area (Å²) in [7, 11) is 0. The van der Waals surface area contributed by atoms with Crippen LogP contribution in [0.1, 0.15) is 11.1 Å². The first-order chi connectivity index (χ1) is 19.8. The van der Waals surface area contributed by atoms with Crippen LogP contribution >= 0.6 is 0 Å². The minimum Gasteiger partial charge on any atom is -0.0622 e. The highest BCUT2D eigenvalue weighted by atomic mass is 14.1. The van der Waals surface area contributed by atoms with Crippen molar-refractivity contribution in [2.24, 2.45) is 0 Å². The maximum Gasteiger partial charge on any atom is -0.0177 e. The Morgan fingerprint density at radius 1 is 0.250 bits per heavy atom. The molecule has 0 N–H and O–H groups in total. The number of benzene rings is 7. The van der Waals surface area contributed by atoms with Crippen LogP contribution in [0.25, 0.3) is 67.1 Å². The molecule has 0 aromatic heterocycles. The number of hydrogen-bond donors (Lipinski definition) is 0. The molecule has 0 saturated heterocycles. The Morgan fingerprint density at radius 2 is 0.625 bits per heavy atom. The van der Waals surface area contributed by atoms with Gasteiger partial charge in [0.25, 0.3) is 0 Å². The van der Waals surface area contributed by atoms with Gasteiger partial charge in [-0.2, -0.15) is 0 Å². The van der Waals surface area contributed by atoms with Crippen molar-refractivity contribution in [1.82, 2.24) is 0 Å². The van der Waals surface area contributed by atoms with E-state index in [4.69, 9.17) is 0 Å². The largest absolute Gasteiger partial charge is 0.0622 e. The molecule has 0 aliphatic heterocycles. The van der Waals surface area contributed by atoms with Gasteiger partial charge in [0.1, 0.15) is 0 Å². The average molecular weight is 509 g/mol. The number of rotatable bonds is 5. The summed E-state index contributed by atoms with van der Waals surface area (Å²) in [5, 5.41) is 5.04. The van der Waals surface area contributed by atoms with E-state index in [0.29, 0.717) is 0 Å². The van der Waals surface area contributed by atoms with Gasteiger partial charge >= 0.3 is 0 Å². The van der Waals surface area contributed by atoms with Crippen molar-refractivity contribution in [1.29, 1.82) is 0 Å². The molecule has 188 valence electrons. The lowest BCUT2D eigenvalue weighted by Gasteiger charge is -2.08. The van der Waals surface area contributed by atoms with Gasteiger partial charge in [0.05, 0.1) is 0 Å². The number of hydrogen-bond acceptors (Lipinski definition) is 0. The molecule has 0 saturated carbocycles. The van der Waals surface area contributed by atoms with Crippen LogP contribution in [0.4, 0.5) is 0 Å². The first kappa shape index (κ1) is 23.9. The Morgan fingerprint density at radius 3 is 1.23 bits per heavy atom. The fourth-order valence-corrected chi connectivity index (χ4v) is 5.39. The van der Waals surface area contributed by atoms with E-state index in [9.17, 15) is 0 Å². The lowest BCUT2D eigenvalue weighted by molar-refractivity contribution is 1.58.